The Morgan fingerprint density at radius 1 is 1.50 bits per heavy atom. The molecule has 5 nitrogen and oxygen atoms in total. The first-order chi connectivity index (χ1) is 9.48. The highest BCUT2D eigenvalue weighted by Crippen LogP contribution is 2.28. The van der Waals surface area contributed by atoms with Crippen LogP contribution < -0.4 is 16.4 Å². The van der Waals surface area contributed by atoms with Crippen molar-refractivity contribution < 1.29 is 9.59 Å². The number of hydrogen-bond acceptors (Lipinski definition) is 3. The van der Waals surface area contributed by atoms with Crippen molar-refractivity contribution in [3.63, 3.8) is 0 Å². The number of nitrogens with one attached hydrogen (secondary N) is 2. The van der Waals surface area contributed by atoms with E-state index in [2.05, 4.69) is 10.6 Å². The number of anilines is 1. The van der Waals surface area contributed by atoms with Crippen LogP contribution in [0.5, 0.6) is 0 Å². The Labute approximate surface area is 122 Å². The molecule has 1 aliphatic heterocycles. The van der Waals surface area contributed by atoms with Crippen LogP contribution in [0.2, 0.25) is 5.02 Å². The maximum atomic E-state index is 12.5. The SMILES string of the molecule is CCC1(C(=O)Nc2cc(C(N)=O)ccc2Cl)CCCN1. The first-order valence-corrected chi connectivity index (χ1v) is 7.02. The maximum absolute atomic E-state index is 12.5. The van der Waals surface area contributed by atoms with Crippen molar-refractivity contribution in [3.8, 4) is 0 Å². The summed E-state index contributed by atoms with van der Waals surface area (Å²) in [5.41, 5.74) is 5.41. The highest BCUT2D eigenvalue weighted by molar-refractivity contribution is 6.34. The molecule has 2 rings (SSSR count). The largest absolute Gasteiger partial charge is 0.366 e. The molecule has 1 saturated heterocycles. The van der Waals surface area contributed by atoms with Gasteiger partial charge in [-0.2, -0.15) is 0 Å². The van der Waals surface area contributed by atoms with Gasteiger partial charge in [-0.15, -0.1) is 0 Å². The van der Waals surface area contributed by atoms with Crippen LogP contribution in [0.15, 0.2) is 18.2 Å². The molecular weight excluding hydrogens is 278 g/mol. The summed E-state index contributed by atoms with van der Waals surface area (Å²) in [6.07, 6.45) is 2.46. The van der Waals surface area contributed by atoms with Crippen molar-refractivity contribution in [2.24, 2.45) is 5.73 Å². The third-order valence-electron chi connectivity index (χ3n) is 3.78. The van der Waals surface area contributed by atoms with Crippen LogP contribution in [0, 0.1) is 0 Å². The van der Waals surface area contributed by atoms with E-state index in [1.54, 1.807) is 6.07 Å². The van der Waals surface area contributed by atoms with Crippen molar-refractivity contribution in [2.75, 3.05) is 11.9 Å². The number of amides is 2. The number of hydrogen-bond donors (Lipinski definition) is 3. The van der Waals surface area contributed by atoms with Crippen LogP contribution in [-0.2, 0) is 4.79 Å². The van der Waals surface area contributed by atoms with Gasteiger partial charge in [0.1, 0.15) is 0 Å². The molecule has 2 amide bonds. The smallest absolute Gasteiger partial charge is 0.248 e. The summed E-state index contributed by atoms with van der Waals surface area (Å²) in [6.45, 7) is 2.80. The van der Waals surface area contributed by atoms with Crippen LogP contribution in [0.3, 0.4) is 0 Å². The predicted molar refractivity (Wildman–Crippen MR) is 78.9 cm³/mol. The molecule has 20 heavy (non-hydrogen) atoms. The molecule has 108 valence electrons. The van der Waals surface area contributed by atoms with E-state index in [9.17, 15) is 9.59 Å². The Morgan fingerprint density at radius 2 is 2.25 bits per heavy atom. The minimum atomic E-state index is -0.554. The fraction of sp³-hybridized carbons (Fsp3) is 0.429. The predicted octanol–water partition coefficient (Wildman–Crippen LogP) is 1.91. The van der Waals surface area contributed by atoms with Gasteiger partial charge in [0.2, 0.25) is 11.8 Å². The molecule has 1 unspecified atom stereocenters. The lowest BCUT2D eigenvalue weighted by atomic mass is 9.93. The van der Waals surface area contributed by atoms with Gasteiger partial charge in [0.15, 0.2) is 0 Å². The molecule has 1 fully saturated rings. The lowest BCUT2D eigenvalue weighted by molar-refractivity contribution is -0.122. The normalized spacial score (nSPS) is 21.7. The lowest BCUT2D eigenvalue weighted by Gasteiger charge is -2.27. The molecule has 0 aromatic heterocycles. The zero-order chi connectivity index (χ0) is 14.8. The third-order valence-corrected chi connectivity index (χ3v) is 4.11. The number of halogens is 1. The number of nitrogens with two attached hydrogens (primary N) is 1. The lowest BCUT2D eigenvalue weighted by Crippen LogP contribution is -2.50. The minimum absolute atomic E-state index is 0.124. The highest BCUT2D eigenvalue weighted by Gasteiger charge is 2.39. The summed E-state index contributed by atoms with van der Waals surface area (Å²) >= 11 is 6.05. The Morgan fingerprint density at radius 3 is 2.80 bits per heavy atom. The summed E-state index contributed by atoms with van der Waals surface area (Å²) in [5.74, 6) is -0.678. The molecule has 1 atom stereocenters. The van der Waals surface area contributed by atoms with Crippen LogP contribution in [0.4, 0.5) is 5.69 Å². The van der Waals surface area contributed by atoms with Gasteiger partial charge in [0.05, 0.1) is 16.2 Å². The molecule has 1 aromatic rings. The van der Waals surface area contributed by atoms with E-state index in [4.69, 9.17) is 17.3 Å². The maximum Gasteiger partial charge on any atom is 0.248 e. The molecule has 0 radical (unpaired) electrons. The van der Waals surface area contributed by atoms with Gasteiger partial charge in [-0.05, 0) is 44.0 Å². The van der Waals surface area contributed by atoms with Gasteiger partial charge in [0, 0.05) is 5.56 Å². The third kappa shape index (κ3) is 2.78. The van der Waals surface area contributed by atoms with Gasteiger partial charge in [0.25, 0.3) is 0 Å². The Kier molecular flexibility index (Phi) is 4.30. The second kappa shape index (κ2) is 5.81. The summed E-state index contributed by atoms with van der Waals surface area (Å²) in [5, 5.41) is 6.43. The van der Waals surface area contributed by atoms with Gasteiger partial charge in [-0.1, -0.05) is 18.5 Å². The fourth-order valence-electron chi connectivity index (χ4n) is 2.48. The second-order valence-electron chi connectivity index (χ2n) is 4.98. The molecule has 4 N–H and O–H groups in total. The Balaban J connectivity index is 2.23. The molecule has 0 bridgehead atoms. The molecular formula is C14H18ClN3O2. The topological polar surface area (TPSA) is 84.2 Å². The van der Waals surface area contributed by atoms with Crippen LogP contribution in [0.25, 0.3) is 0 Å². The van der Waals surface area contributed by atoms with Crippen LogP contribution >= 0.6 is 11.6 Å². The van der Waals surface area contributed by atoms with Gasteiger partial charge in [-0.25, -0.2) is 0 Å². The van der Waals surface area contributed by atoms with Crippen molar-refractivity contribution in [2.45, 2.75) is 31.7 Å². The summed E-state index contributed by atoms with van der Waals surface area (Å²) in [7, 11) is 0. The number of primary amides is 1. The van der Waals surface area contributed by atoms with E-state index in [1.807, 2.05) is 6.92 Å². The molecule has 0 spiro atoms. The average molecular weight is 296 g/mol. The monoisotopic (exact) mass is 295 g/mol. The first-order valence-electron chi connectivity index (χ1n) is 6.64. The zero-order valence-corrected chi connectivity index (χ0v) is 12.1. The second-order valence-corrected chi connectivity index (χ2v) is 5.39. The Hall–Kier alpha value is -1.59. The Bertz CT molecular complexity index is 539. The standard InChI is InChI=1S/C14H18ClN3O2/c1-2-14(6-3-7-17-14)13(20)18-11-8-9(12(16)19)4-5-10(11)15/h4-5,8,17H,2-3,6-7H2,1H3,(H2,16,19)(H,18,20). The summed E-state index contributed by atoms with van der Waals surface area (Å²) < 4.78 is 0. The van der Waals surface area contributed by atoms with Gasteiger partial charge < -0.3 is 16.4 Å². The number of benzene rings is 1. The quantitative estimate of drug-likeness (QED) is 0.793. The molecule has 1 heterocycles. The fourth-order valence-corrected chi connectivity index (χ4v) is 2.64. The molecule has 6 heteroatoms. The van der Waals surface area contributed by atoms with E-state index in [-0.39, 0.29) is 5.91 Å². The molecule has 1 aliphatic rings. The van der Waals surface area contributed by atoms with E-state index in [0.29, 0.717) is 22.7 Å². The molecule has 0 saturated carbocycles. The van der Waals surface area contributed by atoms with Crippen molar-refractivity contribution in [1.82, 2.24) is 5.32 Å². The number of carbonyl (C=O) groups is 2. The van der Waals surface area contributed by atoms with Crippen LogP contribution in [0.1, 0.15) is 36.5 Å². The minimum Gasteiger partial charge on any atom is -0.366 e. The number of carbonyl (C=O) groups excluding carboxylic acids is 2. The molecule has 1 aromatic carbocycles. The van der Waals surface area contributed by atoms with Gasteiger partial charge >= 0.3 is 0 Å². The van der Waals surface area contributed by atoms with E-state index in [0.717, 1.165) is 19.4 Å². The van der Waals surface area contributed by atoms with Crippen LogP contribution in [-0.4, -0.2) is 23.9 Å². The number of rotatable bonds is 4. The zero-order valence-electron chi connectivity index (χ0n) is 11.3. The van der Waals surface area contributed by atoms with E-state index in [1.165, 1.54) is 12.1 Å². The van der Waals surface area contributed by atoms with Gasteiger partial charge in [-0.3, -0.25) is 9.59 Å². The highest BCUT2D eigenvalue weighted by atomic mass is 35.5. The van der Waals surface area contributed by atoms with E-state index < -0.39 is 11.4 Å². The first kappa shape index (κ1) is 14.8. The van der Waals surface area contributed by atoms with Crippen molar-refractivity contribution in [1.29, 1.82) is 0 Å². The van der Waals surface area contributed by atoms with E-state index >= 15 is 0 Å². The average Bonchev–Trinajstić information content (AvgIpc) is 2.91. The summed E-state index contributed by atoms with van der Waals surface area (Å²) in [6, 6.07) is 4.59. The van der Waals surface area contributed by atoms with Crippen molar-refractivity contribution in [3.05, 3.63) is 28.8 Å². The molecule has 0 aliphatic carbocycles. The van der Waals surface area contributed by atoms with Crippen molar-refractivity contribution >= 4 is 29.1 Å². The summed E-state index contributed by atoms with van der Waals surface area (Å²) in [4.78, 5) is 23.6.